The zero-order valence-electron chi connectivity index (χ0n) is 9.46. The summed E-state index contributed by atoms with van der Waals surface area (Å²) in [5.41, 5.74) is 3.36. The Morgan fingerprint density at radius 3 is 2.87 bits per heavy atom. The Hall–Kier alpha value is -1.12. The molecule has 2 heteroatoms. The largest absolute Gasteiger partial charge is 0.392 e. The summed E-state index contributed by atoms with van der Waals surface area (Å²) < 4.78 is 0. The van der Waals surface area contributed by atoms with Crippen LogP contribution in [0.15, 0.2) is 24.3 Å². The Balaban J connectivity index is 2.72. The minimum Gasteiger partial charge on any atom is -0.392 e. The van der Waals surface area contributed by atoms with Gasteiger partial charge in [0.1, 0.15) is 0 Å². The van der Waals surface area contributed by atoms with Crippen molar-refractivity contribution < 1.29 is 5.11 Å². The first-order valence-electron chi connectivity index (χ1n) is 5.30. The van der Waals surface area contributed by atoms with Gasteiger partial charge in [0.05, 0.1) is 6.61 Å². The van der Waals surface area contributed by atoms with Gasteiger partial charge in [-0.2, -0.15) is 0 Å². The minimum atomic E-state index is 0.115. The van der Waals surface area contributed by atoms with E-state index >= 15 is 0 Å². The van der Waals surface area contributed by atoms with Crippen molar-refractivity contribution in [2.24, 2.45) is 0 Å². The average molecular weight is 205 g/mol. The van der Waals surface area contributed by atoms with E-state index in [2.05, 4.69) is 23.5 Å². The number of hydrogen-bond acceptors (Lipinski definition) is 2. The highest BCUT2D eigenvalue weighted by Gasteiger charge is 1.99. The molecule has 0 unspecified atom stereocenters. The summed E-state index contributed by atoms with van der Waals surface area (Å²) in [4.78, 5) is 0. The number of aliphatic hydroxyl groups is 1. The highest BCUT2D eigenvalue weighted by atomic mass is 16.3. The molecule has 0 bridgehead atoms. The lowest BCUT2D eigenvalue weighted by atomic mass is 10.0. The van der Waals surface area contributed by atoms with Crippen LogP contribution in [0.5, 0.6) is 0 Å². The highest BCUT2D eigenvalue weighted by molar-refractivity contribution is 5.55. The predicted octanol–water partition coefficient (Wildman–Crippen LogP) is 2.11. The molecule has 15 heavy (non-hydrogen) atoms. The van der Waals surface area contributed by atoms with Crippen molar-refractivity contribution in [3.05, 3.63) is 41.0 Å². The first-order chi connectivity index (χ1) is 7.29. The van der Waals surface area contributed by atoms with Gasteiger partial charge in [0.25, 0.3) is 0 Å². The van der Waals surface area contributed by atoms with Gasteiger partial charge < -0.3 is 10.4 Å². The van der Waals surface area contributed by atoms with Crippen LogP contribution < -0.4 is 5.32 Å². The van der Waals surface area contributed by atoms with Crippen LogP contribution in [0, 0.1) is 6.92 Å². The summed E-state index contributed by atoms with van der Waals surface area (Å²) in [5.74, 6) is 0. The number of hydrogen-bond donors (Lipinski definition) is 2. The van der Waals surface area contributed by atoms with E-state index in [-0.39, 0.29) is 6.61 Å². The van der Waals surface area contributed by atoms with Crippen molar-refractivity contribution in [3.8, 4) is 0 Å². The Kier molecular flexibility index (Phi) is 5.08. The molecule has 1 rings (SSSR count). The standard InChI is InChI=1S/C13H19NO/c1-11-12(6-3-4-9-14-2)7-5-8-13(11)10-15/h3,5-8,14-15H,4,9-10H2,1-2H3. The summed E-state index contributed by atoms with van der Waals surface area (Å²) in [7, 11) is 1.95. The van der Waals surface area contributed by atoms with Crippen LogP contribution in [0.1, 0.15) is 23.1 Å². The fourth-order valence-corrected chi connectivity index (χ4v) is 1.49. The molecule has 0 heterocycles. The molecular formula is C13H19NO. The molecule has 0 aliphatic carbocycles. The molecular weight excluding hydrogens is 186 g/mol. The van der Waals surface area contributed by atoms with E-state index in [1.165, 1.54) is 11.1 Å². The van der Waals surface area contributed by atoms with E-state index in [4.69, 9.17) is 5.11 Å². The third kappa shape index (κ3) is 3.50. The van der Waals surface area contributed by atoms with E-state index in [0.29, 0.717) is 0 Å². The number of rotatable bonds is 5. The molecule has 0 aliphatic heterocycles. The Labute approximate surface area is 91.6 Å². The summed E-state index contributed by atoms with van der Waals surface area (Å²) >= 11 is 0. The predicted molar refractivity (Wildman–Crippen MR) is 64.7 cm³/mol. The first kappa shape index (κ1) is 12.0. The average Bonchev–Trinajstić information content (AvgIpc) is 2.26. The van der Waals surface area contributed by atoms with Crippen LogP contribution >= 0.6 is 0 Å². The summed E-state index contributed by atoms with van der Waals surface area (Å²) in [6.07, 6.45) is 5.30. The quantitative estimate of drug-likeness (QED) is 0.722. The molecule has 0 saturated heterocycles. The molecule has 0 saturated carbocycles. The topological polar surface area (TPSA) is 32.3 Å². The third-order valence-corrected chi connectivity index (χ3v) is 2.52. The molecule has 0 aromatic heterocycles. The Morgan fingerprint density at radius 1 is 1.40 bits per heavy atom. The fourth-order valence-electron chi connectivity index (χ4n) is 1.49. The van der Waals surface area contributed by atoms with Crippen LogP contribution in [0.2, 0.25) is 0 Å². The molecule has 0 aliphatic rings. The normalized spacial score (nSPS) is 11.1. The second-order valence-corrected chi connectivity index (χ2v) is 3.58. The van der Waals surface area contributed by atoms with Gasteiger partial charge in [-0.05, 0) is 43.6 Å². The van der Waals surface area contributed by atoms with E-state index in [1.54, 1.807) is 0 Å². The highest BCUT2D eigenvalue weighted by Crippen LogP contribution is 2.15. The maximum atomic E-state index is 9.12. The van der Waals surface area contributed by atoms with Gasteiger partial charge in [-0.15, -0.1) is 0 Å². The van der Waals surface area contributed by atoms with Crippen molar-refractivity contribution in [3.63, 3.8) is 0 Å². The van der Waals surface area contributed by atoms with Gasteiger partial charge >= 0.3 is 0 Å². The number of benzene rings is 1. The maximum absolute atomic E-state index is 9.12. The molecule has 2 nitrogen and oxygen atoms in total. The second-order valence-electron chi connectivity index (χ2n) is 3.58. The lowest BCUT2D eigenvalue weighted by Gasteiger charge is -2.05. The van der Waals surface area contributed by atoms with Crippen LogP contribution in [0.4, 0.5) is 0 Å². The Bertz CT molecular complexity index is 331. The van der Waals surface area contributed by atoms with Gasteiger partial charge in [0.15, 0.2) is 0 Å². The van der Waals surface area contributed by atoms with E-state index in [1.807, 2.05) is 26.1 Å². The van der Waals surface area contributed by atoms with Crippen molar-refractivity contribution in [1.82, 2.24) is 5.32 Å². The molecule has 82 valence electrons. The first-order valence-corrected chi connectivity index (χ1v) is 5.30. The third-order valence-electron chi connectivity index (χ3n) is 2.52. The number of nitrogens with one attached hydrogen (secondary N) is 1. The molecule has 0 fully saturated rings. The number of aliphatic hydroxyl groups excluding tert-OH is 1. The molecule has 0 spiro atoms. The molecule has 0 radical (unpaired) electrons. The van der Waals surface area contributed by atoms with Crippen LogP contribution in [0.3, 0.4) is 0 Å². The fraction of sp³-hybridized carbons (Fsp3) is 0.385. The van der Waals surface area contributed by atoms with Crippen LogP contribution in [0.25, 0.3) is 6.08 Å². The van der Waals surface area contributed by atoms with Crippen molar-refractivity contribution in [1.29, 1.82) is 0 Å². The van der Waals surface area contributed by atoms with Gasteiger partial charge in [0, 0.05) is 0 Å². The van der Waals surface area contributed by atoms with E-state index < -0.39 is 0 Å². The maximum Gasteiger partial charge on any atom is 0.0684 e. The molecule has 0 atom stereocenters. The molecule has 0 amide bonds. The van der Waals surface area contributed by atoms with Gasteiger partial charge in [-0.1, -0.05) is 30.4 Å². The zero-order valence-corrected chi connectivity index (χ0v) is 9.46. The molecule has 1 aromatic rings. The monoisotopic (exact) mass is 205 g/mol. The SMILES string of the molecule is CNCCC=Cc1cccc(CO)c1C. The van der Waals surface area contributed by atoms with Crippen molar-refractivity contribution in [2.75, 3.05) is 13.6 Å². The summed E-state index contributed by atoms with van der Waals surface area (Å²) in [6, 6.07) is 6.01. The molecule has 1 aromatic carbocycles. The van der Waals surface area contributed by atoms with Crippen molar-refractivity contribution >= 4 is 6.08 Å². The van der Waals surface area contributed by atoms with Crippen molar-refractivity contribution in [2.45, 2.75) is 20.0 Å². The summed E-state index contributed by atoms with van der Waals surface area (Å²) in [6.45, 7) is 3.16. The lowest BCUT2D eigenvalue weighted by molar-refractivity contribution is 0.281. The summed E-state index contributed by atoms with van der Waals surface area (Å²) in [5, 5.41) is 12.2. The smallest absolute Gasteiger partial charge is 0.0684 e. The van der Waals surface area contributed by atoms with E-state index in [0.717, 1.165) is 18.5 Å². The van der Waals surface area contributed by atoms with E-state index in [9.17, 15) is 0 Å². The minimum absolute atomic E-state index is 0.115. The van der Waals surface area contributed by atoms with Crippen LogP contribution in [-0.2, 0) is 6.61 Å². The second kappa shape index (κ2) is 6.38. The Morgan fingerprint density at radius 2 is 2.20 bits per heavy atom. The van der Waals surface area contributed by atoms with Gasteiger partial charge in [0.2, 0.25) is 0 Å². The molecule has 2 N–H and O–H groups in total. The lowest BCUT2D eigenvalue weighted by Crippen LogP contribution is -2.05. The zero-order chi connectivity index (χ0) is 11.1. The van der Waals surface area contributed by atoms with Gasteiger partial charge in [-0.25, -0.2) is 0 Å². The van der Waals surface area contributed by atoms with Crippen LogP contribution in [-0.4, -0.2) is 18.7 Å². The van der Waals surface area contributed by atoms with Gasteiger partial charge in [-0.3, -0.25) is 0 Å².